The molecule has 0 aromatic carbocycles. The van der Waals surface area contributed by atoms with Gasteiger partial charge in [-0.1, -0.05) is 19.8 Å². The third-order valence-electron chi connectivity index (χ3n) is 2.51. The number of unbranched alkanes of at least 4 members (excludes halogenated alkanes) is 2. The van der Waals surface area contributed by atoms with E-state index in [1.54, 1.807) is 11.3 Å². The molecule has 5 heteroatoms. The number of carbonyl (C=O) groups excluding carboxylic acids is 1. The van der Waals surface area contributed by atoms with Gasteiger partial charge in [0, 0.05) is 5.56 Å². The van der Waals surface area contributed by atoms with Gasteiger partial charge in [0.05, 0.1) is 14.1 Å². The van der Waals surface area contributed by atoms with Gasteiger partial charge in [-0.15, -0.1) is 11.3 Å². The first kappa shape index (κ1) is 15.3. The Balaban J connectivity index is 2.46. The van der Waals surface area contributed by atoms with Gasteiger partial charge in [0.1, 0.15) is 0 Å². The molecule has 0 radical (unpaired) electrons. The normalized spacial score (nSPS) is 11.1. The van der Waals surface area contributed by atoms with Crippen molar-refractivity contribution in [3.8, 4) is 0 Å². The van der Waals surface area contributed by atoms with Crippen LogP contribution in [-0.4, -0.2) is 30.8 Å². The fourth-order valence-corrected chi connectivity index (χ4v) is 4.43. The summed E-state index contributed by atoms with van der Waals surface area (Å²) in [6, 6.07) is 1.89. The summed E-state index contributed by atoms with van der Waals surface area (Å²) in [7, 11) is 2.00. The molecule has 0 N–H and O–H groups in total. The summed E-state index contributed by atoms with van der Waals surface area (Å²) in [6.45, 7) is 3.67. The number of likely N-dealkylation sites (N-methyl/N-ethyl adjacent to an activating group) is 1. The molecule has 17 heavy (non-hydrogen) atoms. The summed E-state index contributed by atoms with van der Waals surface area (Å²) in [5, 5.41) is 0. The van der Waals surface area contributed by atoms with E-state index in [-0.39, 0.29) is 5.78 Å². The molecule has 2 nitrogen and oxygen atoms in total. The molecule has 0 bridgehead atoms. The van der Waals surface area contributed by atoms with Gasteiger partial charge in [0.2, 0.25) is 0 Å². The van der Waals surface area contributed by atoms with Crippen LogP contribution in [0.4, 0.5) is 0 Å². The number of carbonyl (C=O) groups is 1. The van der Waals surface area contributed by atoms with Crippen LogP contribution < -0.4 is 0 Å². The number of nitrogens with zero attached hydrogens (tertiary/aromatic N) is 1. The van der Waals surface area contributed by atoms with E-state index in [1.807, 2.05) is 13.1 Å². The molecule has 1 aromatic rings. The predicted octanol–water partition coefficient (Wildman–Crippen LogP) is 4.58. The first-order chi connectivity index (χ1) is 8.04. The third-order valence-corrected chi connectivity index (χ3v) is 4.85. The lowest BCUT2D eigenvalue weighted by atomic mass is 10.2. The van der Waals surface area contributed by atoms with Gasteiger partial charge in [-0.05, 0) is 57.9 Å². The Hall–Kier alpha value is 0.290. The lowest BCUT2D eigenvalue weighted by Gasteiger charge is -2.14. The maximum atomic E-state index is 12.0. The zero-order valence-corrected chi connectivity index (χ0v) is 14.1. The molecule has 0 amide bonds. The largest absolute Gasteiger partial charge is 0.299 e. The van der Waals surface area contributed by atoms with Gasteiger partial charge >= 0.3 is 0 Å². The van der Waals surface area contributed by atoms with Crippen LogP contribution >= 0.6 is 43.2 Å². The number of ketones is 1. The van der Waals surface area contributed by atoms with Crippen molar-refractivity contribution in [3.63, 3.8) is 0 Å². The lowest BCUT2D eigenvalue weighted by Crippen LogP contribution is -2.26. The van der Waals surface area contributed by atoms with Gasteiger partial charge in [0.15, 0.2) is 5.78 Å². The Morgan fingerprint density at radius 3 is 2.65 bits per heavy atom. The lowest BCUT2D eigenvalue weighted by molar-refractivity contribution is 0.0945. The van der Waals surface area contributed by atoms with Crippen LogP contribution in [0.3, 0.4) is 0 Å². The summed E-state index contributed by atoms with van der Waals surface area (Å²) in [4.78, 5) is 14.1. The summed E-state index contributed by atoms with van der Waals surface area (Å²) >= 11 is 8.35. The molecule has 1 rings (SSSR count). The summed E-state index contributed by atoms with van der Waals surface area (Å²) in [5.41, 5.74) is 0.782. The van der Waals surface area contributed by atoms with Crippen LogP contribution in [0.15, 0.2) is 13.6 Å². The second kappa shape index (κ2) is 7.67. The Morgan fingerprint density at radius 2 is 2.12 bits per heavy atom. The SMILES string of the molecule is CCCCCN(C)CC(=O)c1cc(Br)sc1Br. The highest BCUT2D eigenvalue weighted by Gasteiger charge is 2.15. The van der Waals surface area contributed by atoms with Crippen molar-refractivity contribution in [2.24, 2.45) is 0 Å². The molecule has 0 unspecified atom stereocenters. The summed E-state index contributed by atoms with van der Waals surface area (Å²) < 4.78 is 1.90. The molecule has 0 saturated carbocycles. The highest BCUT2D eigenvalue weighted by Crippen LogP contribution is 2.32. The van der Waals surface area contributed by atoms with Crippen LogP contribution in [0.5, 0.6) is 0 Å². The Kier molecular flexibility index (Phi) is 6.92. The molecular formula is C12H17Br2NOS. The van der Waals surface area contributed by atoms with Gasteiger partial charge in [0.25, 0.3) is 0 Å². The predicted molar refractivity (Wildman–Crippen MR) is 81.1 cm³/mol. The highest BCUT2D eigenvalue weighted by atomic mass is 79.9. The first-order valence-electron chi connectivity index (χ1n) is 5.71. The number of Topliss-reactive ketones (excluding diaryl/α,β-unsaturated/α-hetero) is 1. The topological polar surface area (TPSA) is 20.3 Å². The second-order valence-corrected chi connectivity index (χ2v) is 7.86. The minimum atomic E-state index is 0.179. The van der Waals surface area contributed by atoms with Gasteiger partial charge in [-0.2, -0.15) is 0 Å². The second-order valence-electron chi connectivity index (χ2n) is 4.11. The maximum Gasteiger partial charge on any atom is 0.178 e. The molecule has 1 heterocycles. The van der Waals surface area contributed by atoms with Crippen LogP contribution in [0.25, 0.3) is 0 Å². The average molecular weight is 383 g/mol. The van der Waals surface area contributed by atoms with Gasteiger partial charge < -0.3 is 0 Å². The van der Waals surface area contributed by atoms with Crippen LogP contribution in [0, 0.1) is 0 Å². The van der Waals surface area contributed by atoms with Crippen LogP contribution in [-0.2, 0) is 0 Å². The van der Waals surface area contributed by atoms with Crippen molar-refractivity contribution in [1.29, 1.82) is 0 Å². The Labute approximate surface area is 124 Å². The Morgan fingerprint density at radius 1 is 1.41 bits per heavy atom. The molecule has 0 atom stereocenters. The molecule has 96 valence electrons. The fraction of sp³-hybridized carbons (Fsp3) is 0.583. The van der Waals surface area contributed by atoms with E-state index in [1.165, 1.54) is 12.8 Å². The molecule has 0 saturated heterocycles. The smallest absolute Gasteiger partial charge is 0.178 e. The van der Waals surface area contributed by atoms with E-state index < -0.39 is 0 Å². The van der Waals surface area contributed by atoms with Gasteiger partial charge in [-0.3, -0.25) is 9.69 Å². The number of hydrogen-bond acceptors (Lipinski definition) is 3. The van der Waals surface area contributed by atoms with E-state index in [4.69, 9.17) is 0 Å². The molecule has 1 aromatic heterocycles. The van der Waals surface area contributed by atoms with E-state index in [2.05, 4.69) is 43.7 Å². The summed E-state index contributed by atoms with van der Waals surface area (Å²) in [6.07, 6.45) is 3.60. The highest BCUT2D eigenvalue weighted by molar-refractivity contribution is 9.12. The average Bonchev–Trinajstić information content (AvgIpc) is 2.58. The quantitative estimate of drug-likeness (QED) is 0.508. The number of hydrogen-bond donors (Lipinski definition) is 0. The van der Waals surface area contributed by atoms with E-state index in [9.17, 15) is 4.79 Å². The monoisotopic (exact) mass is 381 g/mol. The van der Waals surface area contributed by atoms with Crippen molar-refractivity contribution >= 4 is 49.0 Å². The van der Waals surface area contributed by atoms with Crippen LogP contribution in [0.1, 0.15) is 36.5 Å². The maximum absolute atomic E-state index is 12.0. The van der Waals surface area contributed by atoms with Gasteiger partial charge in [-0.25, -0.2) is 0 Å². The number of thiophene rings is 1. The third kappa shape index (κ3) is 5.20. The standard InChI is InChI=1S/C12H17Br2NOS/c1-3-4-5-6-15(2)8-10(16)9-7-11(13)17-12(9)14/h7H,3-6,8H2,1-2H3. The molecule has 0 fully saturated rings. The minimum absolute atomic E-state index is 0.179. The van der Waals surface area contributed by atoms with Crippen molar-refractivity contribution < 1.29 is 4.79 Å². The molecular weight excluding hydrogens is 366 g/mol. The Bertz CT molecular complexity index is 379. The zero-order chi connectivity index (χ0) is 12.8. The first-order valence-corrected chi connectivity index (χ1v) is 8.11. The van der Waals surface area contributed by atoms with Crippen molar-refractivity contribution in [1.82, 2.24) is 4.90 Å². The molecule has 0 aliphatic rings. The molecule has 0 aliphatic carbocycles. The summed E-state index contributed by atoms with van der Waals surface area (Å²) in [5.74, 6) is 0.179. The minimum Gasteiger partial charge on any atom is -0.299 e. The molecule has 0 spiro atoms. The van der Waals surface area contributed by atoms with E-state index in [0.29, 0.717) is 6.54 Å². The van der Waals surface area contributed by atoms with Crippen LogP contribution in [0.2, 0.25) is 0 Å². The number of rotatable bonds is 7. The van der Waals surface area contributed by atoms with E-state index in [0.717, 1.165) is 26.1 Å². The van der Waals surface area contributed by atoms with Crippen molar-refractivity contribution in [3.05, 3.63) is 19.2 Å². The zero-order valence-electron chi connectivity index (χ0n) is 10.1. The van der Waals surface area contributed by atoms with Crippen molar-refractivity contribution in [2.75, 3.05) is 20.1 Å². The number of halogens is 2. The fourth-order valence-electron chi connectivity index (χ4n) is 1.57. The van der Waals surface area contributed by atoms with Crippen molar-refractivity contribution in [2.45, 2.75) is 26.2 Å². The molecule has 0 aliphatic heterocycles. The van der Waals surface area contributed by atoms with E-state index >= 15 is 0 Å².